The first-order chi connectivity index (χ1) is 13.2. The minimum Gasteiger partial charge on any atom is -0.379 e. The first-order valence-corrected chi connectivity index (χ1v) is 12.3. The SMILES string of the molecule is CC.CC.CC.CC.CC(C)(C)N1CCCCC1.CC(C)(C)N1CCOCC1. The van der Waals surface area contributed by atoms with Gasteiger partial charge in [-0.1, -0.05) is 61.8 Å². The number of nitrogens with zero attached hydrogens (tertiary/aromatic N) is 2. The molecule has 0 aromatic heterocycles. The van der Waals surface area contributed by atoms with Crippen LogP contribution in [0, 0.1) is 0 Å². The Bertz CT molecular complexity index is 227. The van der Waals surface area contributed by atoms with Crippen LogP contribution in [0.4, 0.5) is 0 Å². The molecule has 0 saturated carbocycles. The molecule has 0 unspecified atom stereocenters. The average molecular weight is 405 g/mol. The van der Waals surface area contributed by atoms with Gasteiger partial charge in [0, 0.05) is 24.2 Å². The van der Waals surface area contributed by atoms with Crippen molar-refractivity contribution in [3.63, 3.8) is 0 Å². The van der Waals surface area contributed by atoms with Gasteiger partial charge in [-0.15, -0.1) is 0 Å². The smallest absolute Gasteiger partial charge is 0.0594 e. The molecule has 0 aromatic rings. The summed E-state index contributed by atoms with van der Waals surface area (Å²) in [5, 5.41) is 0. The maximum absolute atomic E-state index is 5.25. The van der Waals surface area contributed by atoms with Gasteiger partial charge in [-0.25, -0.2) is 0 Å². The molecule has 2 aliphatic heterocycles. The van der Waals surface area contributed by atoms with Crippen LogP contribution in [0.1, 0.15) is 116 Å². The fourth-order valence-electron chi connectivity index (χ4n) is 2.80. The van der Waals surface area contributed by atoms with Crippen molar-refractivity contribution < 1.29 is 4.74 Å². The van der Waals surface area contributed by atoms with E-state index >= 15 is 0 Å². The summed E-state index contributed by atoms with van der Waals surface area (Å²) in [7, 11) is 0. The van der Waals surface area contributed by atoms with Gasteiger partial charge in [-0.3, -0.25) is 9.80 Å². The normalized spacial score (nSPS) is 17.4. The lowest BCUT2D eigenvalue weighted by Crippen LogP contribution is -2.47. The predicted octanol–water partition coefficient (Wildman–Crippen LogP) is 7.49. The van der Waals surface area contributed by atoms with Crippen LogP contribution in [0.15, 0.2) is 0 Å². The van der Waals surface area contributed by atoms with E-state index in [1.807, 2.05) is 55.4 Å². The zero-order valence-corrected chi connectivity index (χ0v) is 22.7. The van der Waals surface area contributed by atoms with Crippen molar-refractivity contribution in [2.24, 2.45) is 0 Å². The van der Waals surface area contributed by atoms with E-state index in [1.165, 1.54) is 32.4 Å². The van der Waals surface area contributed by atoms with Gasteiger partial charge in [0.2, 0.25) is 0 Å². The number of ether oxygens (including phenoxy) is 1. The molecular weight excluding hydrogens is 344 g/mol. The van der Waals surface area contributed by atoms with Crippen molar-refractivity contribution in [2.45, 2.75) is 127 Å². The third kappa shape index (κ3) is 20.6. The van der Waals surface area contributed by atoms with Gasteiger partial charge in [-0.2, -0.15) is 0 Å². The van der Waals surface area contributed by atoms with E-state index < -0.39 is 0 Å². The fraction of sp³-hybridized carbons (Fsp3) is 1.00. The maximum Gasteiger partial charge on any atom is 0.0594 e. The van der Waals surface area contributed by atoms with E-state index in [0.717, 1.165) is 26.3 Å². The highest BCUT2D eigenvalue weighted by Crippen LogP contribution is 2.19. The van der Waals surface area contributed by atoms with E-state index in [4.69, 9.17) is 4.74 Å². The zero-order valence-electron chi connectivity index (χ0n) is 22.7. The first-order valence-electron chi connectivity index (χ1n) is 12.3. The topological polar surface area (TPSA) is 15.7 Å². The van der Waals surface area contributed by atoms with Gasteiger partial charge in [0.1, 0.15) is 0 Å². The Morgan fingerprint density at radius 3 is 0.964 bits per heavy atom. The molecule has 2 heterocycles. The summed E-state index contributed by atoms with van der Waals surface area (Å²) in [6.07, 6.45) is 4.24. The van der Waals surface area contributed by atoms with Gasteiger partial charge in [-0.05, 0) is 67.5 Å². The zero-order chi connectivity index (χ0) is 23.2. The number of hydrogen-bond donors (Lipinski definition) is 0. The molecule has 0 atom stereocenters. The van der Waals surface area contributed by atoms with Crippen molar-refractivity contribution in [2.75, 3.05) is 39.4 Å². The van der Waals surface area contributed by atoms with Gasteiger partial charge < -0.3 is 4.74 Å². The lowest BCUT2D eigenvalue weighted by atomic mass is 10.0. The molecule has 2 saturated heterocycles. The number of likely N-dealkylation sites (tertiary alicyclic amines) is 1. The Kier molecular flexibility index (Phi) is 29.2. The Labute approximate surface area is 181 Å². The molecule has 0 spiro atoms. The number of hydrogen-bond acceptors (Lipinski definition) is 3. The van der Waals surface area contributed by atoms with Crippen molar-refractivity contribution in [1.29, 1.82) is 0 Å². The molecule has 0 aliphatic carbocycles. The van der Waals surface area contributed by atoms with Crippen LogP contribution in [-0.4, -0.2) is 60.3 Å². The molecule has 0 N–H and O–H groups in total. The largest absolute Gasteiger partial charge is 0.379 e. The lowest BCUT2D eigenvalue weighted by molar-refractivity contribution is -0.00389. The highest BCUT2D eigenvalue weighted by molar-refractivity contribution is 4.78. The van der Waals surface area contributed by atoms with Crippen LogP contribution >= 0.6 is 0 Å². The van der Waals surface area contributed by atoms with E-state index in [0.29, 0.717) is 11.1 Å². The van der Waals surface area contributed by atoms with E-state index in [2.05, 4.69) is 51.3 Å². The summed E-state index contributed by atoms with van der Waals surface area (Å²) in [4.78, 5) is 5.03. The quantitative estimate of drug-likeness (QED) is 0.416. The fourth-order valence-corrected chi connectivity index (χ4v) is 2.80. The summed E-state index contributed by atoms with van der Waals surface area (Å²) in [6, 6.07) is 0. The molecule has 3 nitrogen and oxygen atoms in total. The van der Waals surface area contributed by atoms with E-state index in [1.54, 1.807) is 0 Å². The Balaban J connectivity index is -0.000000152. The predicted molar refractivity (Wildman–Crippen MR) is 133 cm³/mol. The highest BCUT2D eigenvalue weighted by Gasteiger charge is 2.23. The van der Waals surface area contributed by atoms with Crippen molar-refractivity contribution in [3.8, 4) is 0 Å². The molecule has 0 aromatic carbocycles. The number of morpholine rings is 1. The molecule has 28 heavy (non-hydrogen) atoms. The molecule has 176 valence electrons. The van der Waals surface area contributed by atoms with Gasteiger partial charge >= 0.3 is 0 Å². The van der Waals surface area contributed by atoms with Gasteiger partial charge in [0.15, 0.2) is 0 Å². The van der Waals surface area contributed by atoms with Crippen LogP contribution in [0.2, 0.25) is 0 Å². The minimum atomic E-state index is 0.323. The Morgan fingerprint density at radius 1 is 0.464 bits per heavy atom. The monoisotopic (exact) mass is 404 g/mol. The Morgan fingerprint density at radius 2 is 0.750 bits per heavy atom. The van der Waals surface area contributed by atoms with Crippen LogP contribution < -0.4 is 0 Å². The standard InChI is InChI=1S/C9H19N.C8H17NO.4C2H6/c1-9(2,3)10-7-5-4-6-8-10;1-8(2,3)9-4-6-10-7-5-9;4*1-2/h4-8H2,1-3H3;4-7H2,1-3H3;4*1-2H3. The van der Waals surface area contributed by atoms with Crippen LogP contribution in [-0.2, 0) is 4.74 Å². The molecule has 2 fully saturated rings. The van der Waals surface area contributed by atoms with Crippen LogP contribution in [0.25, 0.3) is 0 Å². The van der Waals surface area contributed by atoms with Crippen molar-refractivity contribution in [1.82, 2.24) is 9.80 Å². The van der Waals surface area contributed by atoms with Crippen molar-refractivity contribution >= 4 is 0 Å². The van der Waals surface area contributed by atoms with Gasteiger partial charge in [0.25, 0.3) is 0 Å². The molecule has 0 bridgehead atoms. The van der Waals surface area contributed by atoms with Gasteiger partial charge in [0.05, 0.1) is 13.2 Å². The third-order valence-corrected chi connectivity index (χ3v) is 4.26. The minimum absolute atomic E-state index is 0.323. The summed E-state index contributed by atoms with van der Waals surface area (Å²) in [5.41, 5.74) is 0.726. The second kappa shape index (κ2) is 23.2. The highest BCUT2D eigenvalue weighted by atomic mass is 16.5. The maximum atomic E-state index is 5.25. The molecule has 3 heteroatoms. The van der Waals surface area contributed by atoms with E-state index in [-0.39, 0.29) is 0 Å². The number of rotatable bonds is 0. The Hall–Kier alpha value is -0.120. The summed E-state index contributed by atoms with van der Waals surface area (Å²) < 4.78 is 5.25. The lowest BCUT2D eigenvalue weighted by Gasteiger charge is -2.38. The molecule has 2 aliphatic rings. The average Bonchev–Trinajstić information content (AvgIpc) is 2.74. The third-order valence-electron chi connectivity index (χ3n) is 4.26. The summed E-state index contributed by atoms with van der Waals surface area (Å²) >= 11 is 0. The second-order valence-corrected chi connectivity index (χ2v) is 7.99. The van der Waals surface area contributed by atoms with Crippen LogP contribution in [0.5, 0.6) is 0 Å². The molecular formula is C25H60N2O. The van der Waals surface area contributed by atoms with Crippen molar-refractivity contribution in [3.05, 3.63) is 0 Å². The molecule has 2 rings (SSSR count). The molecule has 0 radical (unpaired) electrons. The summed E-state index contributed by atoms with van der Waals surface area (Å²) in [6.45, 7) is 36.2. The summed E-state index contributed by atoms with van der Waals surface area (Å²) in [5.74, 6) is 0. The number of piperidine rings is 1. The van der Waals surface area contributed by atoms with E-state index in [9.17, 15) is 0 Å². The van der Waals surface area contributed by atoms with Crippen LogP contribution in [0.3, 0.4) is 0 Å². The first kappa shape index (κ1) is 35.3. The second-order valence-electron chi connectivity index (χ2n) is 7.99. The molecule has 0 amide bonds.